The SMILES string of the molecule is C=CN=C(C)NN(C)C. The zero-order valence-corrected chi connectivity index (χ0v) is 6.18. The van der Waals surface area contributed by atoms with E-state index in [0.29, 0.717) is 0 Å². The van der Waals surface area contributed by atoms with Crippen LogP contribution in [0.1, 0.15) is 6.92 Å². The van der Waals surface area contributed by atoms with Crippen molar-refractivity contribution in [2.45, 2.75) is 6.92 Å². The number of nitrogens with zero attached hydrogens (tertiary/aromatic N) is 2. The van der Waals surface area contributed by atoms with Crippen LogP contribution >= 0.6 is 0 Å². The van der Waals surface area contributed by atoms with Crippen molar-refractivity contribution in [3.8, 4) is 0 Å². The van der Waals surface area contributed by atoms with Crippen molar-refractivity contribution in [1.82, 2.24) is 10.4 Å². The summed E-state index contributed by atoms with van der Waals surface area (Å²) < 4.78 is 0. The van der Waals surface area contributed by atoms with Gasteiger partial charge in [0.1, 0.15) is 5.84 Å². The zero-order chi connectivity index (χ0) is 7.28. The smallest absolute Gasteiger partial charge is 0.113 e. The Morgan fingerprint density at radius 2 is 2.22 bits per heavy atom. The van der Waals surface area contributed by atoms with E-state index in [0.717, 1.165) is 5.84 Å². The van der Waals surface area contributed by atoms with E-state index in [1.807, 2.05) is 26.0 Å². The average molecular weight is 127 g/mol. The van der Waals surface area contributed by atoms with Gasteiger partial charge in [0, 0.05) is 20.3 Å². The molecule has 0 aliphatic heterocycles. The second-order valence-corrected chi connectivity index (χ2v) is 1.90. The minimum Gasteiger partial charge on any atom is -0.307 e. The highest BCUT2D eigenvalue weighted by Crippen LogP contribution is 1.73. The van der Waals surface area contributed by atoms with Gasteiger partial charge in [-0.25, -0.2) is 10.0 Å². The van der Waals surface area contributed by atoms with E-state index in [9.17, 15) is 0 Å². The third-order valence-electron chi connectivity index (χ3n) is 0.670. The van der Waals surface area contributed by atoms with Gasteiger partial charge < -0.3 is 5.43 Å². The molecule has 0 unspecified atom stereocenters. The van der Waals surface area contributed by atoms with Gasteiger partial charge in [0.15, 0.2) is 0 Å². The molecular weight excluding hydrogens is 114 g/mol. The number of hydrazine groups is 1. The Morgan fingerprint density at radius 3 is 2.56 bits per heavy atom. The Balaban J connectivity index is 3.61. The molecule has 3 heteroatoms. The number of amidine groups is 1. The van der Waals surface area contributed by atoms with Crippen LogP contribution in [0, 0.1) is 0 Å². The second-order valence-electron chi connectivity index (χ2n) is 1.90. The van der Waals surface area contributed by atoms with Gasteiger partial charge in [-0.2, -0.15) is 0 Å². The maximum atomic E-state index is 3.89. The van der Waals surface area contributed by atoms with Crippen LogP contribution in [0.2, 0.25) is 0 Å². The summed E-state index contributed by atoms with van der Waals surface area (Å²) in [6.07, 6.45) is 1.51. The number of hydrogen-bond acceptors (Lipinski definition) is 2. The third kappa shape index (κ3) is 5.03. The first kappa shape index (κ1) is 8.17. The predicted molar refractivity (Wildman–Crippen MR) is 40.1 cm³/mol. The molecule has 0 bridgehead atoms. The van der Waals surface area contributed by atoms with Gasteiger partial charge in [0.2, 0.25) is 0 Å². The van der Waals surface area contributed by atoms with Crippen LogP contribution in [0.5, 0.6) is 0 Å². The highest BCUT2D eigenvalue weighted by Gasteiger charge is 1.86. The summed E-state index contributed by atoms with van der Waals surface area (Å²) in [5.74, 6) is 0.843. The Bertz CT molecular complexity index is 115. The van der Waals surface area contributed by atoms with Gasteiger partial charge in [-0.1, -0.05) is 6.58 Å². The molecule has 0 atom stereocenters. The van der Waals surface area contributed by atoms with Crippen LogP contribution in [0.15, 0.2) is 17.8 Å². The molecule has 0 saturated carbocycles. The normalized spacial score (nSPS) is 11.8. The quantitative estimate of drug-likeness (QED) is 0.334. The minimum absolute atomic E-state index is 0.843. The van der Waals surface area contributed by atoms with Crippen molar-refractivity contribution in [2.75, 3.05) is 14.1 Å². The van der Waals surface area contributed by atoms with Gasteiger partial charge in [0.05, 0.1) is 0 Å². The highest BCUT2D eigenvalue weighted by molar-refractivity contribution is 5.79. The van der Waals surface area contributed by atoms with Gasteiger partial charge in [-0.15, -0.1) is 0 Å². The molecule has 0 fully saturated rings. The molecule has 0 saturated heterocycles. The summed E-state index contributed by atoms with van der Waals surface area (Å²) in [6, 6.07) is 0. The number of rotatable bonds is 2. The topological polar surface area (TPSA) is 27.6 Å². The van der Waals surface area contributed by atoms with E-state index in [2.05, 4.69) is 17.0 Å². The van der Waals surface area contributed by atoms with Crippen LogP contribution in [0.4, 0.5) is 0 Å². The molecule has 0 aromatic carbocycles. The van der Waals surface area contributed by atoms with Crippen molar-refractivity contribution >= 4 is 5.84 Å². The van der Waals surface area contributed by atoms with E-state index in [4.69, 9.17) is 0 Å². The van der Waals surface area contributed by atoms with Gasteiger partial charge >= 0.3 is 0 Å². The molecule has 9 heavy (non-hydrogen) atoms. The molecule has 0 aromatic heterocycles. The summed E-state index contributed by atoms with van der Waals surface area (Å²) in [4.78, 5) is 3.89. The van der Waals surface area contributed by atoms with Crippen molar-refractivity contribution in [1.29, 1.82) is 0 Å². The number of aliphatic imine (C=N–C) groups is 1. The standard InChI is InChI=1S/C6H13N3/c1-5-7-6(2)8-9(3)4/h5H,1H2,2-4H3,(H,7,8). The molecule has 0 aromatic rings. The van der Waals surface area contributed by atoms with Crippen LogP contribution in [-0.4, -0.2) is 24.9 Å². The molecule has 0 aliphatic rings. The summed E-state index contributed by atoms with van der Waals surface area (Å²) in [7, 11) is 3.81. The van der Waals surface area contributed by atoms with Crippen molar-refractivity contribution in [3.05, 3.63) is 12.8 Å². The number of hydrogen-bond donors (Lipinski definition) is 1. The molecule has 3 nitrogen and oxygen atoms in total. The first-order chi connectivity index (χ1) is 4.16. The molecule has 0 heterocycles. The Kier molecular flexibility index (Phi) is 3.71. The van der Waals surface area contributed by atoms with Gasteiger partial charge in [-0.3, -0.25) is 0 Å². The maximum Gasteiger partial charge on any atom is 0.113 e. The van der Waals surface area contributed by atoms with E-state index in [1.165, 1.54) is 6.20 Å². The van der Waals surface area contributed by atoms with Gasteiger partial charge in [-0.05, 0) is 6.92 Å². The molecule has 0 spiro atoms. The summed E-state index contributed by atoms with van der Waals surface area (Å²) in [5, 5.41) is 1.82. The van der Waals surface area contributed by atoms with Gasteiger partial charge in [0.25, 0.3) is 0 Å². The first-order valence-corrected chi connectivity index (χ1v) is 2.76. The second kappa shape index (κ2) is 4.09. The maximum absolute atomic E-state index is 3.89. The van der Waals surface area contributed by atoms with E-state index in [-0.39, 0.29) is 0 Å². The average Bonchev–Trinajstić information content (AvgIpc) is 1.63. The van der Waals surface area contributed by atoms with Crippen LogP contribution in [-0.2, 0) is 0 Å². The summed E-state index contributed by atoms with van der Waals surface area (Å²) >= 11 is 0. The first-order valence-electron chi connectivity index (χ1n) is 2.76. The Hall–Kier alpha value is -0.830. The number of nitrogens with one attached hydrogen (secondary N) is 1. The fourth-order valence-electron chi connectivity index (χ4n) is 0.489. The lowest BCUT2D eigenvalue weighted by Crippen LogP contribution is -2.34. The van der Waals surface area contributed by atoms with Crippen LogP contribution in [0.3, 0.4) is 0 Å². The lowest BCUT2D eigenvalue weighted by Gasteiger charge is -2.11. The highest BCUT2D eigenvalue weighted by atomic mass is 15.5. The molecule has 52 valence electrons. The molecule has 0 amide bonds. The zero-order valence-electron chi connectivity index (χ0n) is 6.18. The molecular formula is C6H13N3. The van der Waals surface area contributed by atoms with Crippen LogP contribution < -0.4 is 5.43 Å². The fourth-order valence-corrected chi connectivity index (χ4v) is 0.489. The largest absolute Gasteiger partial charge is 0.307 e. The molecule has 1 N–H and O–H groups in total. The Labute approximate surface area is 56.0 Å². The minimum atomic E-state index is 0.843. The Morgan fingerprint density at radius 1 is 1.67 bits per heavy atom. The van der Waals surface area contributed by atoms with E-state index in [1.54, 1.807) is 0 Å². The predicted octanol–water partition coefficient (Wildman–Crippen LogP) is 0.615. The van der Waals surface area contributed by atoms with E-state index >= 15 is 0 Å². The van der Waals surface area contributed by atoms with Crippen molar-refractivity contribution < 1.29 is 0 Å². The van der Waals surface area contributed by atoms with Crippen molar-refractivity contribution in [2.24, 2.45) is 4.99 Å². The molecule has 0 radical (unpaired) electrons. The molecule has 0 aliphatic carbocycles. The summed E-state index contributed by atoms with van der Waals surface area (Å²) in [6.45, 7) is 5.34. The van der Waals surface area contributed by atoms with E-state index < -0.39 is 0 Å². The lowest BCUT2D eigenvalue weighted by atomic mass is 10.7. The van der Waals surface area contributed by atoms with Crippen molar-refractivity contribution in [3.63, 3.8) is 0 Å². The fraction of sp³-hybridized carbons (Fsp3) is 0.500. The lowest BCUT2D eigenvalue weighted by molar-refractivity contribution is 0.361. The molecule has 0 rings (SSSR count). The van der Waals surface area contributed by atoms with Crippen LogP contribution in [0.25, 0.3) is 0 Å². The monoisotopic (exact) mass is 127 g/mol. The third-order valence-corrected chi connectivity index (χ3v) is 0.670. The summed E-state index contributed by atoms with van der Waals surface area (Å²) in [5.41, 5.74) is 2.96.